The maximum atomic E-state index is 4.16. The Labute approximate surface area is 112 Å². The zero-order valence-electron chi connectivity index (χ0n) is 11.9. The quantitative estimate of drug-likeness (QED) is 0.428. The number of rotatable bonds is 5. The summed E-state index contributed by atoms with van der Waals surface area (Å²) in [5.74, 6) is 0. The second kappa shape index (κ2) is 7.71. The first-order valence-electron chi connectivity index (χ1n) is 6.71. The van der Waals surface area contributed by atoms with Crippen molar-refractivity contribution in [1.29, 1.82) is 0 Å². The van der Waals surface area contributed by atoms with E-state index >= 15 is 0 Å². The molecule has 0 aromatic rings. The summed E-state index contributed by atoms with van der Waals surface area (Å²) >= 11 is 0. The van der Waals surface area contributed by atoms with Gasteiger partial charge < -0.3 is 0 Å². The molecule has 0 heteroatoms. The van der Waals surface area contributed by atoms with Gasteiger partial charge in [-0.25, -0.2) is 0 Å². The van der Waals surface area contributed by atoms with Crippen LogP contribution in [0.15, 0.2) is 71.4 Å². The van der Waals surface area contributed by atoms with Gasteiger partial charge in [-0.2, -0.15) is 0 Å². The Morgan fingerprint density at radius 3 is 2.83 bits per heavy atom. The van der Waals surface area contributed by atoms with Gasteiger partial charge >= 0.3 is 0 Å². The fourth-order valence-electron chi connectivity index (χ4n) is 1.75. The molecule has 0 spiro atoms. The Balaban J connectivity index is 2.65. The Hall–Kier alpha value is -1.56. The third-order valence-corrected chi connectivity index (χ3v) is 3.24. The molecule has 0 fully saturated rings. The summed E-state index contributed by atoms with van der Waals surface area (Å²) in [6.07, 6.45) is 18.4. The summed E-state index contributed by atoms with van der Waals surface area (Å²) in [5.41, 5.74) is 5.20. The molecule has 0 aliphatic heterocycles. The van der Waals surface area contributed by atoms with Crippen LogP contribution in [0.25, 0.3) is 0 Å². The highest BCUT2D eigenvalue weighted by Crippen LogP contribution is 2.20. The number of allylic oxidation sites excluding steroid dienone is 11. The van der Waals surface area contributed by atoms with E-state index in [1.54, 1.807) is 0 Å². The van der Waals surface area contributed by atoms with Gasteiger partial charge in [-0.3, -0.25) is 0 Å². The highest BCUT2D eigenvalue weighted by Gasteiger charge is 2.00. The van der Waals surface area contributed by atoms with Gasteiger partial charge in [-0.15, -0.1) is 0 Å². The zero-order chi connectivity index (χ0) is 13.4. The summed E-state index contributed by atoms with van der Waals surface area (Å²) in [6, 6.07) is 0. The summed E-state index contributed by atoms with van der Waals surface area (Å²) in [7, 11) is 0. The highest BCUT2D eigenvalue weighted by atomic mass is 14.1. The normalized spacial score (nSPS) is 16.5. The molecule has 0 saturated carbocycles. The smallest absolute Gasteiger partial charge is 0.00885 e. The Kier molecular flexibility index (Phi) is 6.21. The summed E-state index contributed by atoms with van der Waals surface area (Å²) < 4.78 is 0. The van der Waals surface area contributed by atoms with Crippen LogP contribution in [0.4, 0.5) is 0 Å². The number of hydrogen-bond donors (Lipinski definition) is 0. The van der Waals surface area contributed by atoms with Crippen molar-refractivity contribution in [3.05, 3.63) is 71.4 Å². The van der Waals surface area contributed by atoms with Crippen molar-refractivity contribution in [1.82, 2.24) is 0 Å². The van der Waals surface area contributed by atoms with E-state index in [0.29, 0.717) is 0 Å². The van der Waals surface area contributed by atoms with Gasteiger partial charge in [0.2, 0.25) is 0 Å². The highest BCUT2D eigenvalue weighted by molar-refractivity contribution is 5.44. The monoisotopic (exact) mass is 240 g/mol. The lowest BCUT2D eigenvalue weighted by molar-refractivity contribution is 1.15. The van der Waals surface area contributed by atoms with Crippen LogP contribution in [0.5, 0.6) is 0 Å². The van der Waals surface area contributed by atoms with Gasteiger partial charge in [-0.05, 0) is 49.8 Å². The molecule has 0 aromatic heterocycles. The van der Waals surface area contributed by atoms with Crippen LogP contribution in [0.2, 0.25) is 0 Å². The molecule has 0 unspecified atom stereocenters. The molecule has 0 nitrogen and oxygen atoms in total. The van der Waals surface area contributed by atoms with Crippen LogP contribution in [-0.2, 0) is 0 Å². The van der Waals surface area contributed by atoms with Crippen molar-refractivity contribution < 1.29 is 0 Å². The Morgan fingerprint density at radius 2 is 2.17 bits per heavy atom. The van der Waals surface area contributed by atoms with Crippen LogP contribution in [0.1, 0.15) is 40.0 Å². The van der Waals surface area contributed by atoms with E-state index in [9.17, 15) is 0 Å². The maximum Gasteiger partial charge on any atom is -0.00885 e. The molecule has 0 saturated heterocycles. The topological polar surface area (TPSA) is 0 Å². The third-order valence-electron chi connectivity index (χ3n) is 3.24. The predicted octanol–water partition coefficient (Wildman–Crippen LogP) is 5.68. The van der Waals surface area contributed by atoms with Crippen LogP contribution >= 0.6 is 0 Å². The van der Waals surface area contributed by atoms with Gasteiger partial charge in [0.25, 0.3) is 0 Å². The van der Waals surface area contributed by atoms with Crippen LogP contribution in [0, 0.1) is 0 Å². The summed E-state index contributed by atoms with van der Waals surface area (Å²) in [4.78, 5) is 0. The van der Waals surface area contributed by atoms with Crippen molar-refractivity contribution in [2.24, 2.45) is 0 Å². The average Bonchev–Trinajstić information content (AvgIpc) is 2.63. The van der Waals surface area contributed by atoms with E-state index in [4.69, 9.17) is 0 Å². The molecular weight excluding hydrogens is 216 g/mol. The minimum atomic E-state index is 0.978. The van der Waals surface area contributed by atoms with Crippen molar-refractivity contribution in [2.75, 3.05) is 0 Å². The second-order valence-electron chi connectivity index (χ2n) is 4.66. The van der Waals surface area contributed by atoms with Gasteiger partial charge in [0.15, 0.2) is 0 Å². The van der Waals surface area contributed by atoms with E-state index in [0.717, 1.165) is 24.8 Å². The van der Waals surface area contributed by atoms with E-state index in [1.165, 1.54) is 16.7 Å². The van der Waals surface area contributed by atoms with E-state index in [2.05, 4.69) is 69.9 Å². The second-order valence-corrected chi connectivity index (χ2v) is 4.66. The van der Waals surface area contributed by atoms with Crippen LogP contribution in [-0.4, -0.2) is 0 Å². The molecule has 1 aliphatic rings. The number of hydrogen-bond acceptors (Lipinski definition) is 0. The molecule has 0 amide bonds. The lowest BCUT2D eigenvalue weighted by atomic mass is 10.0. The Morgan fingerprint density at radius 1 is 1.39 bits per heavy atom. The van der Waals surface area contributed by atoms with Crippen molar-refractivity contribution in [3.63, 3.8) is 0 Å². The molecule has 1 aliphatic carbocycles. The third kappa shape index (κ3) is 4.75. The van der Waals surface area contributed by atoms with Crippen LogP contribution in [0.3, 0.4) is 0 Å². The fraction of sp³-hybridized carbons (Fsp3) is 0.333. The lowest BCUT2D eigenvalue weighted by Gasteiger charge is -2.02. The van der Waals surface area contributed by atoms with Gasteiger partial charge in [0, 0.05) is 0 Å². The molecule has 0 N–H and O–H groups in total. The molecule has 96 valence electrons. The molecule has 0 atom stereocenters. The maximum absolute atomic E-state index is 4.16. The van der Waals surface area contributed by atoms with E-state index in [1.807, 2.05) is 0 Å². The van der Waals surface area contributed by atoms with Crippen LogP contribution < -0.4 is 0 Å². The first kappa shape index (κ1) is 14.5. The van der Waals surface area contributed by atoms with E-state index in [-0.39, 0.29) is 0 Å². The lowest BCUT2D eigenvalue weighted by Crippen LogP contribution is -1.83. The first-order valence-corrected chi connectivity index (χ1v) is 6.71. The molecule has 1 rings (SSSR count). The standard InChI is InChI=1S/C18H24/c1-5-15(3)9-7-10-16(4)18-12-8-11-17(6-2)13-14-18/h5,7-8,10-11,13-14H,4,6,9,12H2,1-3H3/b10-7-,15-5-. The molecular formula is C18H24. The summed E-state index contributed by atoms with van der Waals surface area (Å²) in [5, 5.41) is 0. The molecule has 0 bridgehead atoms. The minimum absolute atomic E-state index is 0.978. The SMILES string of the molecule is C=C(/C=C\C/C(C)=C\C)C1=CC=C(CC)C=CC1. The molecule has 0 heterocycles. The van der Waals surface area contributed by atoms with Crippen molar-refractivity contribution in [3.8, 4) is 0 Å². The van der Waals surface area contributed by atoms with Gasteiger partial charge in [-0.1, -0.05) is 61.6 Å². The van der Waals surface area contributed by atoms with Gasteiger partial charge in [0.05, 0.1) is 0 Å². The van der Waals surface area contributed by atoms with Crippen molar-refractivity contribution >= 4 is 0 Å². The first-order chi connectivity index (χ1) is 8.67. The molecule has 0 radical (unpaired) electrons. The average molecular weight is 240 g/mol. The van der Waals surface area contributed by atoms with Gasteiger partial charge in [0.1, 0.15) is 0 Å². The zero-order valence-corrected chi connectivity index (χ0v) is 11.9. The fourth-order valence-corrected chi connectivity index (χ4v) is 1.75. The molecule has 0 aromatic carbocycles. The largest absolute Gasteiger partial charge is 0.0915 e. The minimum Gasteiger partial charge on any atom is -0.0915 e. The molecule has 18 heavy (non-hydrogen) atoms. The summed E-state index contributed by atoms with van der Waals surface area (Å²) in [6.45, 7) is 10.6. The Bertz CT molecular complexity index is 437. The predicted molar refractivity (Wildman–Crippen MR) is 82.5 cm³/mol. The van der Waals surface area contributed by atoms with E-state index < -0.39 is 0 Å². The van der Waals surface area contributed by atoms with Crippen molar-refractivity contribution in [2.45, 2.75) is 40.0 Å².